The minimum Gasteiger partial charge on any atom is -0.344 e. The quantitative estimate of drug-likeness (QED) is 0.815. The molecule has 0 saturated carbocycles. The number of hydrogen-bond donors (Lipinski definition) is 2. The zero-order chi connectivity index (χ0) is 12.3. The van der Waals surface area contributed by atoms with Crippen LogP contribution in [-0.4, -0.2) is 16.1 Å². The second-order valence-electron chi connectivity index (χ2n) is 4.64. The van der Waals surface area contributed by atoms with Gasteiger partial charge in [0.05, 0.1) is 10.8 Å². The van der Waals surface area contributed by atoms with Crippen molar-refractivity contribution in [2.75, 3.05) is 0 Å². The summed E-state index contributed by atoms with van der Waals surface area (Å²) in [5.41, 5.74) is -0.429. The van der Waals surface area contributed by atoms with E-state index in [1.54, 1.807) is 17.5 Å². The fraction of sp³-hybridized carbons (Fsp3) is 0.636. The molecule has 1 rings (SSSR count). The number of nitrogens with one attached hydrogen (secondary N) is 1. The second kappa shape index (κ2) is 5.19. The number of carbonyl (C=O) groups excluding carboxylic acids is 1. The Morgan fingerprint density at radius 2 is 2.19 bits per heavy atom. The Labute approximate surface area is 106 Å². The maximum absolute atomic E-state index is 11.9. The van der Waals surface area contributed by atoms with E-state index >= 15 is 0 Å². The van der Waals surface area contributed by atoms with Gasteiger partial charge in [0.1, 0.15) is 5.01 Å². The van der Waals surface area contributed by atoms with Gasteiger partial charge >= 0.3 is 0 Å². The van der Waals surface area contributed by atoms with Crippen LogP contribution in [0.25, 0.3) is 0 Å². The lowest BCUT2D eigenvalue weighted by atomic mass is 10.0. The van der Waals surface area contributed by atoms with Crippen molar-refractivity contribution in [3.05, 3.63) is 16.6 Å². The fourth-order valence-corrected chi connectivity index (χ4v) is 2.05. The molecular weight excluding hydrogens is 240 g/mol. The van der Waals surface area contributed by atoms with Crippen LogP contribution in [0.2, 0.25) is 0 Å². The molecule has 3 nitrogen and oxygen atoms in total. The first-order valence-electron chi connectivity index (χ1n) is 5.24. The van der Waals surface area contributed by atoms with Crippen LogP contribution in [0.15, 0.2) is 11.6 Å². The first-order valence-corrected chi connectivity index (χ1v) is 6.64. The first-order chi connectivity index (χ1) is 7.34. The summed E-state index contributed by atoms with van der Waals surface area (Å²) in [5, 5.41) is 5.51. The third-order valence-electron chi connectivity index (χ3n) is 2.30. The maximum Gasteiger partial charge on any atom is 0.233 e. The number of thiazole rings is 1. The van der Waals surface area contributed by atoms with E-state index in [2.05, 4.69) is 22.9 Å². The molecule has 0 spiro atoms. The number of carbonyl (C=O) groups is 1. The van der Waals surface area contributed by atoms with Crippen molar-refractivity contribution >= 4 is 29.9 Å². The van der Waals surface area contributed by atoms with Gasteiger partial charge in [-0.3, -0.25) is 4.79 Å². The predicted molar refractivity (Wildman–Crippen MR) is 70.9 cm³/mol. The van der Waals surface area contributed by atoms with Gasteiger partial charge in [-0.05, 0) is 19.8 Å². The number of thiol groups is 1. The van der Waals surface area contributed by atoms with E-state index in [1.807, 2.05) is 33.1 Å². The molecule has 0 saturated heterocycles. The number of amides is 1. The van der Waals surface area contributed by atoms with Gasteiger partial charge in [0.15, 0.2) is 0 Å². The topological polar surface area (TPSA) is 42.0 Å². The molecule has 0 aliphatic carbocycles. The van der Waals surface area contributed by atoms with Gasteiger partial charge in [0, 0.05) is 11.6 Å². The van der Waals surface area contributed by atoms with Crippen molar-refractivity contribution in [1.82, 2.24) is 10.3 Å². The maximum atomic E-state index is 11.9. The smallest absolute Gasteiger partial charge is 0.233 e. The van der Waals surface area contributed by atoms with Crippen molar-refractivity contribution in [3.8, 4) is 0 Å². The SMILES string of the molecule is CC(C)C(S)C(=O)NC(C)(C)c1nccs1. The molecule has 0 bridgehead atoms. The van der Waals surface area contributed by atoms with E-state index in [9.17, 15) is 4.79 Å². The van der Waals surface area contributed by atoms with E-state index in [1.165, 1.54) is 0 Å². The Morgan fingerprint density at radius 1 is 1.56 bits per heavy atom. The standard InChI is InChI=1S/C11H18N2OS2/c1-7(2)8(15)9(14)13-11(3,4)10-12-5-6-16-10/h5-8,15H,1-4H3,(H,13,14). The van der Waals surface area contributed by atoms with E-state index in [-0.39, 0.29) is 17.1 Å². The van der Waals surface area contributed by atoms with E-state index in [0.29, 0.717) is 0 Å². The summed E-state index contributed by atoms with van der Waals surface area (Å²) < 4.78 is 0. The van der Waals surface area contributed by atoms with Gasteiger partial charge < -0.3 is 5.32 Å². The van der Waals surface area contributed by atoms with E-state index in [0.717, 1.165) is 5.01 Å². The summed E-state index contributed by atoms with van der Waals surface area (Å²) in [6.45, 7) is 7.86. The summed E-state index contributed by atoms with van der Waals surface area (Å²) >= 11 is 5.84. The van der Waals surface area contributed by atoms with Gasteiger partial charge in [0.2, 0.25) is 5.91 Å². The molecular formula is C11H18N2OS2. The summed E-state index contributed by atoms with van der Waals surface area (Å²) in [7, 11) is 0. The number of nitrogens with zero attached hydrogens (tertiary/aromatic N) is 1. The van der Waals surface area contributed by atoms with Crippen LogP contribution >= 0.6 is 24.0 Å². The molecule has 1 aromatic heterocycles. The number of aromatic nitrogens is 1. The minimum atomic E-state index is -0.429. The lowest BCUT2D eigenvalue weighted by Crippen LogP contribution is -2.45. The van der Waals surface area contributed by atoms with Crippen molar-refractivity contribution in [1.29, 1.82) is 0 Å². The summed E-state index contributed by atoms with van der Waals surface area (Å²) in [6.07, 6.45) is 1.74. The third-order valence-corrected chi connectivity index (χ3v) is 4.23. The Kier molecular flexibility index (Phi) is 4.38. The molecule has 90 valence electrons. The average molecular weight is 258 g/mol. The van der Waals surface area contributed by atoms with Crippen molar-refractivity contribution < 1.29 is 4.79 Å². The molecule has 0 aliphatic heterocycles. The van der Waals surface area contributed by atoms with Crippen molar-refractivity contribution in [3.63, 3.8) is 0 Å². The zero-order valence-electron chi connectivity index (χ0n) is 10.0. The summed E-state index contributed by atoms with van der Waals surface area (Å²) in [5.74, 6) is 0.175. The predicted octanol–water partition coefficient (Wildman–Crippen LogP) is 2.45. The Morgan fingerprint density at radius 3 is 2.62 bits per heavy atom. The van der Waals surface area contributed by atoms with E-state index < -0.39 is 5.54 Å². The van der Waals surface area contributed by atoms with Crippen LogP contribution < -0.4 is 5.32 Å². The molecule has 5 heteroatoms. The number of rotatable bonds is 4. The molecule has 1 N–H and O–H groups in total. The molecule has 0 radical (unpaired) electrons. The average Bonchev–Trinajstić information content (AvgIpc) is 2.68. The van der Waals surface area contributed by atoms with Crippen LogP contribution in [-0.2, 0) is 10.3 Å². The zero-order valence-corrected chi connectivity index (χ0v) is 11.7. The molecule has 1 aromatic rings. The minimum absolute atomic E-state index is 0.0430. The van der Waals surface area contributed by atoms with Gasteiger partial charge in [-0.15, -0.1) is 11.3 Å². The highest BCUT2D eigenvalue weighted by Gasteiger charge is 2.28. The van der Waals surface area contributed by atoms with Gasteiger partial charge in [-0.2, -0.15) is 12.6 Å². The molecule has 0 aromatic carbocycles. The van der Waals surface area contributed by atoms with Crippen molar-refractivity contribution in [2.24, 2.45) is 5.92 Å². The first kappa shape index (κ1) is 13.5. The fourth-order valence-electron chi connectivity index (χ4n) is 1.27. The normalized spacial score (nSPS) is 13.9. The molecule has 1 unspecified atom stereocenters. The molecule has 1 amide bonds. The van der Waals surface area contributed by atoms with Crippen LogP contribution in [0, 0.1) is 5.92 Å². The third kappa shape index (κ3) is 3.22. The van der Waals surface area contributed by atoms with Crippen molar-refractivity contribution in [2.45, 2.75) is 38.5 Å². The summed E-state index contributed by atoms with van der Waals surface area (Å²) in [4.78, 5) is 16.1. The Hall–Kier alpha value is -0.550. The van der Waals surface area contributed by atoms with Gasteiger partial charge in [-0.1, -0.05) is 13.8 Å². The highest BCUT2D eigenvalue weighted by Crippen LogP contribution is 2.23. The Bertz CT molecular complexity index is 347. The van der Waals surface area contributed by atoms with Crippen LogP contribution in [0.5, 0.6) is 0 Å². The van der Waals surface area contributed by atoms with Crippen LogP contribution in [0.4, 0.5) is 0 Å². The highest BCUT2D eigenvalue weighted by molar-refractivity contribution is 7.81. The van der Waals surface area contributed by atoms with E-state index in [4.69, 9.17) is 0 Å². The molecule has 1 heterocycles. The second-order valence-corrected chi connectivity index (χ2v) is 6.09. The van der Waals surface area contributed by atoms with Crippen LogP contribution in [0.3, 0.4) is 0 Å². The highest BCUT2D eigenvalue weighted by atomic mass is 32.1. The number of hydrogen-bond acceptors (Lipinski definition) is 4. The largest absolute Gasteiger partial charge is 0.344 e. The molecule has 1 atom stereocenters. The Balaban J connectivity index is 2.70. The lowest BCUT2D eigenvalue weighted by Gasteiger charge is -2.26. The molecule has 16 heavy (non-hydrogen) atoms. The lowest BCUT2D eigenvalue weighted by molar-refractivity contribution is -0.122. The van der Waals surface area contributed by atoms with Gasteiger partial charge in [0.25, 0.3) is 0 Å². The van der Waals surface area contributed by atoms with Crippen LogP contribution in [0.1, 0.15) is 32.7 Å². The molecule has 0 fully saturated rings. The van der Waals surface area contributed by atoms with Gasteiger partial charge in [-0.25, -0.2) is 4.98 Å². The monoisotopic (exact) mass is 258 g/mol. The molecule has 0 aliphatic rings. The summed E-state index contributed by atoms with van der Waals surface area (Å²) in [6, 6.07) is 0.